The Morgan fingerprint density at radius 2 is 2.33 bits per heavy atom. The summed E-state index contributed by atoms with van der Waals surface area (Å²) in [6.45, 7) is -0.238. The molecule has 1 aliphatic rings. The van der Waals surface area contributed by atoms with Gasteiger partial charge in [0.1, 0.15) is 11.6 Å². The van der Waals surface area contributed by atoms with Crippen molar-refractivity contribution in [2.24, 2.45) is 0 Å². The molecule has 1 aliphatic heterocycles. The number of rotatable bonds is 6. The number of benzene rings is 1. The monoisotopic (exact) mass is 374 g/mol. The number of ether oxygens (including phenoxy) is 1. The van der Waals surface area contributed by atoms with Gasteiger partial charge in [-0.2, -0.15) is 0 Å². The zero-order chi connectivity index (χ0) is 19.6. The van der Waals surface area contributed by atoms with Crippen LogP contribution in [-0.4, -0.2) is 35.7 Å². The molecule has 0 atom stereocenters. The number of carbonyl (C=O) groups excluding carboxylic acids is 1. The van der Waals surface area contributed by atoms with E-state index in [9.17, 15) is 14.1 Å². The molecule has 1 amide bonds. The molecule has 0 spiro atoms. The smallest absolute Gasteiger partial charge is 0.307 e. The van der Waals surface area contributed by atoms with E-state index in [0.29, 0.717) is 17.1 Å². The van der Waals surface area contributed by atoms with Crippen LogP contribution in [0.4, 0.5) is 21.6 Å². The second kappa shape index (κ2) is 7.23. The number of aromatic nitrogens is 1. The molecule has 11 heteroatoms. The maximum Gasteiger partial charge on any atom is 0.307 e. The molecule has 0 saturated carbocycles. The predicted molar refractivity (Wildman–Crippen MR) is 95.9 cm³/mol. The third kappa shape index (κ3) is 3.47. The number of pyridine rings is 1. The lowest BCUT2D eigenvalue weighted by Crippen LogP contribution is -2.32. The van der Waals surface area contributed by atoms with E-state index >= 15 is 0 Å². The lowest BCUT2D eigenvalue weighted by molar-refractivity contribution is -0.591. The standard InChI is InChI=1S/C16H16FN7O3/c1-27-10-2-3-20-13(5-10)21-7-9-4-12(17)16(15(19)11(9)6-18)23-8-14(25)22-24(23)26/h2-6H,7-8H2,1H3,(H4-,18,19,20,21,22,25,26)/p+1. The van der Waals surface area contributed by atoms with Crippen molar-refractivity contribution in [1.29, 1.82) is 5.41 Å². The first-order chi connectivity index (χ1) is 12.9. The van der Waals surface area contributed by atoms with E-state index in [-0.39, 0.29) is 35.0 Å². The van der Waals surface area contributed by atoms with E-state index in [1.165, 1.54) is 7.11 Å². The summed E-state index contributed by atoms with van der Waals surface area (Å²) >= 11 is 0. The summed E-state index contributed by atoms with van der Waals surface area (Å²) in [5.41, 5.74) is 8.23. The van der Waals surface area contributed by atoms with Crippen molar-refractivity contribution in [3.8, 4) is 5.75 Å². The molecule has 1 saturated heterocycles. The highest BCUT2D eigenvalue weighted by Crippen LogP contribution is 2.33. The Hall–Kier alpha value is -3.76. The number of anilines is 3. The van der Waals surface area contributed by atoms with Crippen molar-refractivity contribution in [2.45, 2.75) is 6.54 Å². The van der Waals surface area contributed by atoms with Crippen LogP contribution in [0.25, 0.3) is 0 Å². The molecule has 10 nitrogen and oxygen atoms in total. The Morgan fingerprint density at radius 3 is 2.96 bits per heavy atom. The van der Waals surface area contributed by atoms with Gasteiger partial charge in [-0.15, -0.1) is 0 Å². The van der Waals surface area contributed by atoms with Crippen LogP contribution in [0.3, 0.4) is 0 Å². The quantitative estimate of drug-likeness (QED) is 0.336. The minimum absolute atomic E-state index is 0.113. The summed E-state index contributed by atoms with van der Waals surface area (Å²) in [6, 6.07) is 4.51. The van der Waals surface area contributed by atoms with Crippen LogP contribution in [0.2, 0.25) is 0 Å². The van der Waals surface area contributed by atoms with Gasteiger partial charge in [-0.25, -0.2) is 9.37 Å². The van der Waals surface area contributed by atoms with Crippen LogP contribution in [0.5, 0.6) is 5.75 Å². The third-order valence-electron chi connectivity index (χ3n) is 3.98. The molecule has 1 aromatic heterocycles. The molecule has 2 aromatic rings. The van der Waals surface area contributed by atoms with Gasteiger partial charge in [0.05, 0.1) is 17.7 Å². The maximum atomic E-state index is 14.7. The van der Waals surface area contributed by atoms with Gasteiger partial charge in [-0.3, -0.25) is 4.79 Å². The fraction of sp³-hybridized carbons (Fsp3) is 0.188. The van der Waals surface area contributed by atoms with Crippen LogP contribution in [0.15, 0.2) is 24.4 Å². The Bertz CT molecular complexity index is 934. The molecule has 0 aliphatic carbocycles. The van der Waals surface area contributed by atoms with Crippen molar-refractivity contribution < 1.29 is 18.9 Å². The Morgan fingerprint density at radius 1 is 1.56 bits per heavy atom. The van der Waals surface area contributed by atoms with Gasteiger partial charge >= 0.3 is 5.91 Å². The molecule has 2 heterocycles. The van der Waals surface area contributed by atoms with Crippen LogP contribution in [0.1, 0.15) is 11.1 Å². The topological polar surface area (TPSA) is 136 Å². The summed E-state index contributed by atoms with van der Waals surface area (Å²) < 4.78 is 19.8. The van der Waals surface area contributed by atoms with Crippen molar-refractivity contribution in [1.82, 2.24) is 10.4 Å². The van der Waals surface area contributed by atoms with E-state index in [1.807, 2.05) is 5.43 Å². The number of nitrogens with one attached hydrogen (secondary N) is 3. The van der Waals surface area contributed by atoms with Crippen molar-refractivity contribution in [3.05, 3.63) is 46.2 Å². The Labute approximate surface area is 153 Å². The van der Waals surface area contributed by atoms with Crippen molar-refractivity contribution in [3.63, 3.8) is 0 Å². The van der Waals surface area contributed by atoms with E-state index in [2.05, 4.69) is 10.3 Å². The van der Waals surface area contributed by atoms with Crippen LogP contribution in [-0.2, 0) is 11.3 Å². The molecule has 1 fully saturated rings. The lowest BCUT2D eigenvalue weighted by Gasteiger charge is -2.16. The fourth-order valence-electron chi connectivity index (χ4n) is 2.70. The van der Waals surface area contributed by atoms with Gasteiger partial charge in [-0.1, -0.05) is 10.4 Å². The Kier molecular flexibility index (Phi) is 4.83. The number of hydrazine groups is 2. The minimum Gasteiger partial charge on any atom is -0.497 e. The summed E-state index contributed by atoms with van der Waals surface area (Å²) in [4.78, 5) is 27.3. The average Bonchev–Trinajstić information content (AvgIpc) is 2.98. The second-order valence-corrected chi connectivity index (χ2v) is 5.64. The zero-order valence-corrected chi connectivity index (χ0v) is 14.3. The van der Waals surface area contributed by atoms with Crippen LogP contribution < -0.4 is 26.2 Å². The highest BCUT2D eigenvalue weighted by atomic mass is 19.1. The third-order valence-corrected chi connectivity index (χ3v) is 3.98. The number of hydrogen-bond acceptors (Lipinski definition) is 7. The summed E-state index contributed by atoms with van der Waals surface area (Å²) in [5.74, 6) is -0.281. The van der Waals surface area contributed by atoms with Gasteiger partial charge in [0.25, 0.3) is 4.98 Å². The molecule has 140 valence electrons. The number of methoxy groups -OCH3 is 1. The van der Waals surface area contributed by atoms with Gasteiger partial charge in [0, 0.05) is 30.6 Å². The number of nitrogen functional groups attached to an aromatic ring is 1. The van der Waals surface area contributed by atoms with Crippen LogP contribution in [0, 0.1) is 16.1 Å². The molecule has 0 radical (unpaired) electrons. The lowest BCUT2D eigenvalue weighted by atomic mass is 10.0. The molecular formula is C16H17FN7O3+. The molecule has 3 rings (SSSR count). The SMILES string of the molecule is COc1ccnc(NCc2cc(F)c(N3CC(=O)N[N+]3=O)c(N)c2C=N)c1. The predicted octanol–water partition coefficient (Wildman–Crippen LogP) is 0.966. The molecule has 27 heavy (non-hydrogen) atoms. The largest absolute Gasteiger partial charge is 0.497 e. The van der Waals surface area contributed by atoms with Crippen molar-refractivity contribution >= 4 is 29.3 Å². The molecule has 0 bridgehead atoms. The summed E-state index contributed by atoms with van der Waals surface area (Å²) in [7, 11) is 1.53. The van der Waals surface area contributed by atoms with Crippen LogP contribution >= 0.6 is 0 Å². The van der Waals surface area contributed by atoms with Gasteiger partial charge in [0.15, 0.2) is 18.0 Å². The Balaban J connectivity index is 1.91. The number of nitroso groups, excluding NO2 is 1. The van der Waals surface area contributed by atoms with Crippen molar-refractivity contribution in [2.75, 3.05) is 29.7 Å². The van der Waals surface area contributed by atoms with E-state index in [1.54, 1.807) is 18.3 Å². The average molecular weight is 374 g/mol. The summed E-state index contributed by atoms with van der Waals surface area (Å²) in [5, 5.41) is 11.5. The molecule has 1 aromatic carbocycles. The van der Waals surface area contributed by atoms with Gasteiger partial charge < -0.3 is 21.2 Å². The maximum absolute atomic E-state index is 14.7. The number of nitrogens with two attached hydrogens (primary N) is 1. The number of halogens is 1. The van der Waals surface area contributed by atoms with Gasteiger partial charge in [0.2, 0.25) is 0 Å². The van der Waals surface area contributed by atoms with E-state index in [4.69, 9.17) is 15.9 Å². The van der Waals surface area contributed by atoms with Gasteiger partial charge in [-0.05, 0) is 17.7 Å². The number of nitrogens with zero attached hydrogens (tertiary/aromatic N) is 3. The molecule has 0 unspecified atom stereocenters. The normalized spacial score (nSPS) is 13.5. The second-order valence-electron chi connectivity index (χ2n) is 5.64. The first-order valence-electron chi connectivity index (χ1n) is 7.84. The molecule has 5 N–H and O–H groups in total. The first-order valence-corrected chi connectivity index (χ1v) is 7.84. The zero-order valence-electron chi connectivity index (χ0n) is 14.3. The van der Waals surface area contributed by atoms with E-state index in [0.717, 1.165) is 17.3 Å². The minimum atomic E-state index is -0.786. The summed E-state index contributed by atoms with van der Waals surface area (Å²) in [6.07, 6.45) is 2.52. The fourth-order valence-corrected chi connectivity index (χ4v) is 2.70. The first kappa shape index (κ1) is 18.0. The highest BCUT2D eigenvalue weighted by Gasteiger charge is 2.40. The number of amides is 1. The number of carbonyl (C=O) groups is 1. The molecular weight excluding hydrogens is 357 g/mol. The highest BCUT2D eigenvalue weighted by molar-refractivity contribution is 5.94. The van der Waals surface area contributed by atoms with E-state index < -0.39 is 11.7 Å². The number of hydrogen-bond donors (Lipinski definition) is 4.